The van der Waals surface area contributed by atoms with Crippen LogP contribution < -0.4 is 0 Å². The minimum absolute atomic E-state index is 0.00931. The van der Waals surface area contributed by atoms with Crippen LogP contribution in [-0.4, -0.2) is 25.7 Å². The fourth-order valence-electron chi connectivity index (χ4n) is 1.66. The average molecular weight is 287 g/mol. The highest BCUT2D eigenvalue weighted by molar-refractivity contribution is 6.36. The van der Waals surface area contributed by atoms with Gasteiger partial charge in [-0.3, -0.25) is 0 Å². The first kappa shape index (κ1) is 12.9. The number of benzene rings is 1. The van der Waals surface area contributed by atoms with Crippen molar-refractivity contribution < 1.29 is 19.1 Å². The maximum absolute atomic E-state index is 11.5. The molecule has 1 aliphatic heterocycles. The molecule has 0 fully saturated rings. The van der Waals surface area contributed by atoms with Gasteiger partial charge in [-0.2, -0.15) is 0 Å². The Hall–Kier alpha value is -1.52. The summed E-state index contributed by atoms with van der Waals surface area (Å²) in [4.78, 5) is 23.0. The molecule has 0 amide bonds. The number of rotatable bonds is 2. The minimum atomic E-state index is -0.737. The van der Waals surface area contributed by atoms with Gasteiger partial charge in [0.1, 0.15) is 6.61 Å². The van der Waals surface area contributed by atoms with Crippen LogP contribution in [-0.2, 0) is 19.1 Å². The quantitative estimate of drug-likeness (QED) is 0.619. The van der Waals surface area contributed by atoms with Gasteiger partial charge in [0.15, 0.2) is 5.57 Å². The van der Waals surface area contributed by atoms with Gasteiger partial charge in [0, 0.05) is 21.2 Å². The molecule has 0 N–H and O–H groups in total. The van der Waals surface area contributed by atoms with E-state index in [0.29, 0.717) is 21.2 Å². The topological polar surface area (TPSA) is 52.6 Å². The van der Waals surface area contributed by atoms with Crippen LogP contribution in [0.5, 0.6) is 0 Å². The maximum Gasteiger partial charge on any atom is 0.346 e. The van der Waals surface area contributed by atoms with Crippen molar-refractivity contribution in [3.63, 3.8) is 0 Å². The van der Waals surface area contributed by atoms with E-state index in [4.69, 9.17) is 27.9 Å². The summed E-state index contributed by atoms with van der Waals surface area (Å²) in [5.74, 6) is -1.44. The molecule has 1 heterocycles. The molecule has 0 spiro atoms. The molecule has 4 nitrogen and oxygen atoms in total. The van der Waals surface area contributed by atoms with Crippen molar-refractivity contribution in [3.05, 3.63) is 39.4 Å². The van der Waals surface area contributed by atoms with Crippen molar-refractivity contribution in [1.29, 1.82) is 0 Å². The second-order valence-corrected chi connectivity index (χ2v) is 4.39. The lowest BCUT2D eigenvalue weighted by molar-refractivity contribution is -0.143. The SMILES string of the molecule is COC(=O)C1=C(c2ccc(Cl)cc2Cl)COC1=O. The van der Waals surface area contributed by atoms with Gasteiger partial charge < -0.3 is 9.47 Å². The third-order valence-electron chi connectivity index (χ3n) is 2.50. The molecular formula is C12H8Cl2O4. The Kier molecular flexibility index (Phi) is 3.59. The van der Waals surface area contributed by atoms with Crippen LogP contribution in [0, 0.1) is 0 Å². The molecule has 0 radical (unpaired) electrons. The smallest absolute Gasteiger partial charge is 0.346 e. The Bertz CT molecular complexity index is 563. The number of hydrogen-bond donors (Lipinski definition) is 0. The van der Waals surface area contributed by atoms with Crippen molar-refractivity contribution >= 4 is 40.7 Å². The first-order chi connectivity index (χ1) is 8.54. The third kappa shape index (κ3) is 2.21. The summed E-state index contributed by atoms with van der Waals surface area (Å²) < 4.78 is 9.39. The Balaban J connectivity index is 2.57. The molecule has 1 aliphatic rings. The Morgan fingerprint density at radius 2 is 2.11 bits per heavy atom. The average Bonchev–Trinajstić information content (AvgIpc) is 2.70. The zero-order valence-electron chi connectivity index (χ0n) is 9.33. The molecule has 0 aliphatic carbocycles. The number of carbonyl (C=O) groups excluding carboxylic acids is 2. The predicted molar refractivity (Wildman–Crippen MR) is 66.4 cm³/mol. The summed E-state index contributed by atoms with van der Waals surface area (Å²) >= 11 is 11.8. The van der Waals surface area contributed by atoms with Crippen LogP contribution in [0.15, 0.2) is 23.8 Å². The van der Waals surface area contributed by atoms with Crippen molar-refractivity contribution in [1.82, 2.24) is 0 Å². The zero-order chi connectivity index (χ0) is 13.3. The molecule has 0 saturated heterocycles. The van der Waals surface area contributed by atoms with Gasteiger partial charge in [-0.1, -0.05) is 29.3 Å². The van der Waals surface area contributed by atoms with Gasteiger partial charge >= 0.3 is 11.9 Å². The van der Waals surface area contributed by atoms with Crippen molar-refractivity contribution in [2.24, 2.45) is 0 Å². The molecule has 1 aromatic carbocycles. The Morgan fingerprint density at radius 3 is 2.72 bits per heavy atom. The molecule has 0 bridgehead atoms. The lowest BCUT2D eigenvalue weighted by Gasteiger charge is -2.05. The van der Waals surface area contributed by atoms with E-state index in [9.17, 15) is 9.59 Å². The number of hydrogen-bond acceptors (Lipinski definition) is 4. The zero-order valence-corrected chi connectivity index (χ0v) is 10.8. The van der Waals surface area contributed by atoms with Crippen LogP contribution in [0.3, 0.4) is 0 Å². The summed E-state index contributed by atoms with van der Waals surface area (Å²) in [6.07, 6.45) is 0. The van der Waals surface area contributed by atoms with Crippen LogP contribution in [0.25, 0.3) is 5.57 Å². The highest BCUT2D eigenvalue weighted by Gasteiger charge is 2.33. The fraction of sp³-hybridized carbons (Fsp3) is 0.167. The first-order valence-electron chi connectivity index (χ1n) is 4.98. The lowest BCUT2D eigenvalue weighted by Crippen LogP contribution is -2.12. The summed E-state index contributed by atoms with van der Waals surface area (Å²) in [6, 6.07) is 4.78. The number of ether oxygens (including phenoxy) is 2. The largest absolute Gasteiger partial charge is 0.465 e. The second-order valence-electron chi connectivity index (χ2n) is 3.55. The molecule has 2 rings (SSSR count). The van der Waals surface area contributed by atoms with E-state index in [1.165, 1.54) is 13.2 Å². The second kappa shape index (κ2) is 5.00. The van der Waals surface area contributed by atoms with Crippen LogP contribution >= 0.6 is 23.2 Å². The standard InChI is InChI=1S/C12H8Cl2O4/c1-17-11(15)10-8(5-18-12(10)16)7-3-2-6(13)4-9(7)14/h2-4H,5H2,1H3. The number of methoxy groups -OCH3 is 1. The summed E-state index contributed by atoms with van der Waals surface area (Å²) in [5.41, 5.74) is 0.822. The van der Waals surface area contributed by atoms with E-state index < -0.39 is 11.9 Å². The number of halogens is 2. The molecule has 18 heavy (non-hydrogen) atoms. The number of cyclic esters (lactones) is 1. The lowest BCUT2D eigenvalue weighted by atomic mass is 10.0. The van der Waals surface area contributed by atoms with Crippen LogP contribution in [0.2, 0.25) is 10.0 Å². The van der Waals surface area contributed by atoms with Gasteiger partial charge in [-0.25, -0.2) is 9.59 Å². The number of esters is 2. The van der Waals surface area contributed by atoms with Gasteiger partial charge in [0.05, 0.1) is 7.11 Å². The molecular weight excluding hydrogens is 279 g/mol. The van der Waals surface area contributed by atoms with E-state index in [1.54, 1.807) is 12.1 Å². The summed E-state index contributed by atoms with van der Waals surface area (Å²) in [5, 5.41) is 0.811. The van der Waals surface area contributed by atoms with Crippen molar-refractivity contribution in [3.8, 4) is 0 Å². The molecule has 0 saturated carbocycles. The highest BCUT2D eigenvalue weighted by Crippen LogP contribution is 2.32. The number of carbonyl (C=O) groups is 2. The molecule has 94 valence electrons. The van der Waals surface area contributed by atoms with Gasteiger partial charge in [0.2, 0.25) is 0 Å². The summed E-state index contributed by atoms with van der Waals surface area (Å²) in [7, 11) is 1.20. The Labute approximate surface area is 113 Å². The van der Waals surface area contributed by atoms with E-state index in [0.717, 1.165) is 0 Å². The molecule has 0 aromatic heterocycles. The molecule has 0 unspecified atom stereocenters. The molecule has 0 atom stereocenters. The van der Waals surface area contributed by atoms with E-state index in [2.05, 4.69) is 4.74 Å². The van der Waals surface area contributed by atoms with Gasteiger partial charge in [-0.05, 0) is 12.1 Å². The highest BCUT2D eigenvalue weighted by atomic mass is 35.5. The fourth-order valence-corrected chi connectivity index (χ4v) is 2.18. The van der Waals surface area contributed by atoms with Crippen LogP contribution in [0.1, 0.15) is 5.56 Å². The predicted octanol–water partition coefficient (Wildman–Crippen LogP) is 2.48. The Morgan fingerprint density at radius 1 is 1.39 bits per heavy atom. The van der Waals surface area contributed by atoms with E-state index in [-0.39, 0.29) is 12.2 Å². The first-order valence-corrected chi connectivity index (χ1v) is 5.74. The van der Waals surface area contributed by atoms with E-state index >= 15 is 0 Å². The normalized spacial score (nSPS) is 14.7. The maximum atomic E-state index is 11.5. The van der Waals surface area contributed by atoms with Crippen LogP contribution in [0.4, 0.5) is 0 Å². The monoisotopic (exact) mass is 286 g/mol. The molecule has 1 aromatic rings. The minimum Gasteiger partial charge on any atom is -0.465 e. The van der Waals surface area contributed by atoms with E-state index in [1.807, 2.05) is 0 Å². The summed E-state index contributed by atoms with van der Waals surface area (Å²) in [6.45, 7) is -0.00931. The van der Waals surface area contributed by atoms with Crippen molar-refractivity contribution in [2.75, 3.05) is 13.7 Å². The van der Waals surface area contributed by atoms with Gasteiger partial charge in [-0.15, -0.1) is 0 Å². The van der Waals surface area contributed by atoms with Gasteiger partial charge in [0.25, 0.3) is 0 Å². The van der Waals surface area contributed by atoms with Crippen molar-refractivity contribution in [2.45, 2.75) is 0 Å². The molecule has 6 heteroatoms. The third-order valence-corrected chi connectivity index (χ3v) is 3.05.